The largest absolute Gasteiger partial charge is 0.466 e. The molecule has 0 aliphatic rings. The highest BCUT2D eigenvalue weighted by Gasteiger charge is 2.08. The lowest BCUT2D eigenvalue weighted by Gasteiger charge is -2.06. The van der Waals surface area contributed by atoms with Crippen LogP contribution in [0, 0.1) is 5.82 Å². The number of carbonyl (C=O) groups excluding carboxylic acids is 2. The van der Waals surface area contributed by atoms with Crippen molar-refractivity contribution in [1.29, 1.82) is 0 Å². The molecule has 0 radical (unpaired) electrons. The van der Waals surface area contributed by atoms with Gasteiger partial charge in [-0.3, -0.25) is 9.59 Å². The fraction of sp³-hybridized carbons (Fsp3) is 0.556. The van der Waals surface area contributed by atoms with E-state index in [2.05, 4.69) is 6.92 Å². The van der Waals surface area contributed by atoms with E-state index in [1.807, 2.05) is 0 Å². The molecule has 1 rings (SSSR count). The predicted octanol–water partition coefficient (Wildman–Crippen LogP) is 4.16. The number of esters is 2. The fourth-order valence-electron chi connectivity index (χ4n) is 2.03. The summed E-state index contributed by atoms with van der Waals surface area (Å²) in [4.78, 5) is 23.0. The highest BCUT2D eigenvalue weighted by atomic mass is 19.1. The number of ether oxygens (including phenoxy) is 2. The molecule has 0 saturated heterocycles. The van der Waals surface area contributed by atoms with Crippen LogP contribution in [0.4, 0.5) is 4.39 Å². The van der Waals surface area contributed by atoms with E-state index < -0.39 is 5.97 Å². The highest BCUT2D eigenvalue weighted by Crippen LogP contribution is 2.07. The average molecular weight is 324 g/mol. The van der Waals surface area contributed by atoms with Crippen molar-refractivity contribution in [2.45, 2.75) is 58.5 Å². The molecule has 0 fully saturated rings. The lowest BCUT2D eigenvalue weighted by molar-refractivity contribution is -0.146. The highest BCUT2D eigenvalue weighted by molar-refractivity contribution is 5.72. The van der Waals surface area contributed by atoms with E-state index in [0.717, 1.165) is 25.7 Å². The zero-order chi connectivity index (χ0) is 16.9. The van der Waals surface area contributed by atoms with Crippen molar-refractivity contribution < 1.29 is 23.5 Å². The zero-order valence-electron chi connectivity index (χ0n) is 13.7. The molecule has 0 amide bonds. The minimum absolute atomic E-state index is 0.0401. The Kier molecular flexibility index (Phi) is 9.68. The molecule has 1 aromatic rings. The first-order valence-electron chi connectivity index (χ1n) is 8.17. The van der Waals surface area contributed by atoms with E-state index in [4.69, 9.17) is 9.47 Å². The van der Waals surface area contributed by atoms with Crippen molar-refractivity contribution in [2.75, 3.05) is 6.61 Å². The first-order chi connectivity index (χ1) is 11.1. The van der Waals surface area contributed by atoms with Crippen molar-refractivity contribution in [3.05, 3.63) is 35.6 Å². The van der Waals surface area contributed by atoms with Crippen LogP contribution in [0.15, 0.2) is 24.3 Å². The van der Waals surface area contributed by atoms with Crippen LogP contribution in [-0.4, -0.2) is 18.5 Å². The molecule has 0 unspecified atom stereocenters. The van der Waals surface area contributed by atoms with E-state index in [1.165, 1.54) is 12.1 Å². The van der Waals surface area contributed by atoms with E-state index in [-0.39, 0.29) is 31.2 Å². The molecule has 5 heteroatoms. The van der Waals surface area contributed by atoms with Crippen molar-refractivity contribution in [2.24, 2.45) is 0 Å². The smallest absolute Gasteiger partial charge is 0.306 e. The second-order valence-corrected chi connectivity index (χ2v) is 5.43. The molecule has 23 heavy (non-hydrogen) atoms. The Hall–Kier alpha value is -1.91. The van der Waals surface area contributed by atoms with Gasteiger partial charge in [-0.15, -0.1) is 0 Å². The molecule has 0 aromatic heterocycles. The van der Waals surface area contributed by atoms with Gasteiger partial charge in [0.2, 0.25) is 0 Å². The summed E-state index contributed by atoms with van der Waals surface area (Å²) in [5.41, 5.74) is 0.602. The van der Waals surface area contributed by atoms with Crippen LogP contribution in [0.1, 0.15) is 57.4 Å². The van der Waals surface area contributed by atoms with Gasteiger partial charge in [0.1, 0.15) is 12.4 Å². The molecule has 0 N–H and O–H groups in total. The van der Waals surface area contributed by atoms with Gasteiger partial charge in [-0.1, -0.05) is 38.3 Å². The molecule has 0 heterocycles. The normalized spacial score (nSPS) is 10.3. The second-order valence-electron chi connectivity index (χ2n) is 5.43. The molecule has 4 nitrogen and oxygen atoms in total. The molecule has 0 saturated carbocycles. The van der Waals surface area contributed by atoms with E-state index >= 15 is 0 Å². The van der Waals surface area contributed by atoms with Crippen LogP contribution in [0.5, 0.6) is 0 Å². The Morgan fingerprint density at radius 1 is 1.00 bits per heavy atom. The summed E-state index contributed by atoms with van der Waals surface area (Å²) < 4.78 is 23.1. The molecule has 0 aliphatic heterocycles. The van der Waals surface area contributed by atoms with Gasteiger partial charge in [-0.2, -0.15) is 0 Å². The Balaban J connectivity index is 2.06. The minimum Gasteiger partial charge on any atom is -0.466 e. The SMILES string of the molecule is CCCCCCOC(=O)CCCC(=O)OCc1cccc(F)c1. The van der Waals surface area contributed by atoms with Gasteiger partial charge < -0.3 is 9.47 Å². The third kappa shape index (κ3) is 9.66. The quantitative estimate of drug-likeness (QED) is 0.453. The molecule has 1 aromatic carbocycles. The topological polar surface area (TPSA) is 52.6 Å². The zero-order valence-corrected chi connectivity index (χ0v) is 13.7. The van der Waals surface area contributed by atoms with E-state index in [0.29, 0.717) is 18.6 Å². The number of hydrogen-bond donors (Lipinski definition) is 0. The van der Waals surface area contributed by atoms with Crippen LogP contribution >= 0.6 is 0 Å². The summed E-state index contributed by atoms with van der Waals surface area (Å²) in [6.45, 7) is 2.61. The number of rotatable bonds is 11. The lowest BCUT2D eigenvalue weighted by atomic mass is 10.2. The molecule has 128 valence electrons. The van der Waals surface area contributed by atoms with Crippen LogP contribution in [0.2, 0.25) is 0 Å². The summed E-state index contributed by atoms with van der Waals surface area (Å²) in [6, 6.07) is 5.91. The minimum atomic E-state index is -0.398. The number of halogens is 1. The summed E-state index contributed by atoms with van der Waals surface area (Å²) in [7, 11) is 0. The number of benzene rings is 1. The van der Waals surface area contributed by atoms with Gasteiger partial charge in [0.05, 0.1) is 6.61 Å². The third-order valence-corrected chi connectivity index (χ3v) is 3.31. The molecular weight excluding hydrogens is 299 g/mol. The third-order valence-electron chi connectivity index (χ3n) is 3.31. The van der Waals surface area contributed by atoms with Crippen molar-refractivity contribution in [1.82, 2.24) is 0 Å². The standard InChI is InChI=1S/C18H25FO4/c1-2-3-4-5-12-22-17(20)10-7-11-18(21)23-14-15-8-6-9-16(19)13-15/h6,8-9,13H,2-5,7,10-12,14H2,1H3. The van der Waals surface area contributed by atoms with Crippen molar-refractivity contribution >= 4 is 11.9 Å². The maximum atomic E-state index is 13.0. The fourth-order valence-corrected chi connectivity index (χ4v) is 2.03. The van der Waals surface area contributed by atoms with E-state index in [9.17, 15) is 14.0 Å². The lowest BCUT2D eigenvalue weighted by Crippen LogP contribution is -2.09. The van der Waals surface area contributed by atoms with Gasteiger partial charge in [0, 0.05) is 12.8 Å². The predicted molar refractivity (Wildman–Crippen MR) is 85.1 cm³/mol. The first-order valence-corrected chi connectivity index (χ1v) is 8.17. The van der Waals surface area contributed by atoms with Gasteiger partial charge in [-0.05, 0) is 30.5 Å². The summed E-state index contributed by atoms with van der Waals surface area (Å²) >= 11 is 0. The van der Waals surface area contributed by atoms with Gasteiger partial charge in [0.25, 0.3) is 0 Å². The Morgan fingerprint density at radius 3 is 2.43 bits per heavy atom. The number of unbranched alkanes of at least 4 members (excludes halogenated alkanes) is 3. The monoisotopic (exact) mass is 324 g/mol. The molecule has 0 atom stereocenters. The summed E-state index contributed by atoms with van der Waals surface area (Å²) in [5, 5.41) is 0. The van der Waals surface area contributed by atoms with Crippen LogP contribution in [0.3, 0.4) is 0 Å². The second kappa shape index (κ2) is 11.6. The van der Waals surface area contributed by atoms with Crippen LogP contribution in [0.25, 0.3) is 0 Å². The molecule has 0 aliphatic carbocycles. The Bertz CT molecular complexity index is 488. The Labute approximate surface area is 137 Å². The maximum Gasteiger partial charge on any atom is 0.306 e. The van der Waals surface area contributed by atoms with Gasteiger partial charge >= 0.3 is 11.9 Å². The first kappa shape index (κ1) is 19.1. The van der Waals surface area contributed by atoms with E-state index in [1.54, 1.807) is 12.1 Å². The van der Waals surface area contributed by atoms with Gasteiger partial charge in [-0.25, -0.2) is 4.39 Å². The van der Waals surface area contributed by atoms with Gasteiger partial charge in [0.15, 0.2) is 0 Å². The molecule has 0 bridgehead atoms. The Morgan fingerprint density at radius 2 is 1.74 bits per heavy atom. The number of hydrogen-bond acceptors (Lipinski definition) is 4. The molecule has 0 spiro atoms. The van der Waals surface area contributed by atoms with Crippen molar-refractivity contribution in [3.8, 4) is 0 Å². The summed E-state index contributed by atoms with van der Waals surface area (Å²) in [6.07, 6.45) is 5.00. The molecular formula is C18H25FO4. The van der Waals surface area contributed by atoms with Crippen molar-refractivity contribution in [3.63, 3.8) is 0 Å². The summed E-state index contributed by atoms with van der Waals surface area (Å²) in [5.74, 6) is -1.04. The maximum absolute atomic E-state index is 13.0. The van der Waals surface area contributed by atoms with Crippen LogP contribution in [-0.2, 0) is 25.7 Å². The average Bonchev–Trinajstić information content (AvgIpc) is 2.53. The van der Waals surface area contributed by atoms with Crippen LogP contribution < -0.4 is 0 Å². The number of carbonyl (C=O) groups is 2.